The number of fused-ring (bicyclic) bond motifs is 1. The van der Waals surface area contributed by atoms with Crippen molar-refractivity contribution in [1.29, 1.82) is 0 Å². The second-order valence-electron chi connectivity index (χ2n) is 10.5. The number of benzene rings is 1. The Morgan fingerprint density at radius 3 is 2.54 bits per heavy atom. The SMILES string of the molecule is Cc1cc(C)c(CNC(=O)C2c3ccccc3N(C(C)C3CCN(c4ncccn4)CC3)C2C)c(=O)[nH]1. The lowest BCUT2D eigenvalue weighted by molar-refractivity contribution is -0.123. The summed E-state index contributed by atoms with van der Waals surface area (Å²) in [5.74, 6) is 0.977. The van der Waals surface area contributed by atoms with Crippen LogP contribution in [0.25, 0.3) is 0 Å². The number of nitrogens with zero attached hydrogens (tertiary/aromatic N) is 4. The van der Waals surface area contributed by atoms with Crippen LogP contribution in [0.5, 0.6) is 0 Å². The number of aryl methyl sites for hydroxylation is 2. The molecule has 3 aromatic rings. The topological polar surface area (TPSA) is 94.2 Å². The number of anilines is 2. The summed E-state index contributed by atoms with van der Waals surface area (Å²) in [7, 11) is 0. The number of H-pyrrole nitrogens is 1. The third-order valence-corrected chi connectivity index (χ3v) is 8.18. The van der Waals surface area contributed by atoms with E-state index in [9.17, 15) is 9.59 Å². The first-order valence-corrected chi connectivity index (χ1v) is 13.2. The van der Waals surface area contributed by atoms with Crippen LogP contribution in [-0.4, -0.2) is 46.0 Å². The van der Waals surface area contributed by atoms with Crippen molar-refractivity contribution in [3.8, 4) is 0 Å². The van der Waals surface area contributed by atoms with E-state index in [1.807, 2.05) is 32.0 Å². The molecule has 2 aromatic heterocycles. The molecule has 4 heterocycles. The lowest BCUT2D eigenvalue weighted by atomic mass is 9.88. The highest BCUT2D eigenvalue weighted by Crippen LogP contribution is 2.44. The van der Waals surface area contributed by atoms with Gasteiger partial charge in [-0.2, -0.15) is 0 Å². The van der Waals surface area contributed by atoms with Crippen molar-refractivity contribution in [2.75, 3.05) is 22.9 Å². The summed E-state index contributed by atoms with van der Waals surface area (Å²) in [6, 6.07) is 12.4. The van der Waals surface area contributed by atoms with Crippen LogP contribution in [0.1, 0.15) is 55.0 Å². The smallest absolute Gasteiger partial charge is 0.253 e. The number of rotatable bonds is 6. The minimum Gasteiger partial charge on any atom is -0.364 e. The molecule has 2 aliphatic heterocycles. The normalized spacial score (nSPS) is 20.5. The Labute approximate surface area is 218 Å². The van der Waals surface area contributed by atoms with Crippen LogP contribution in [0.15, 0.2) is 53.6 Å². The van der Waals surface area contributed by atoms with Crippen molar-refractivity contribution in [2.45, 2.75) is 65.1 Å². The Hall–Kier alpha value is -3.68. The summed E-state index contributed by atoms with van der Waals surface area (Å²) in [4.78, 5) is 42.4. The number of hydrogen-bond donors (Lipinski definition) is 2. The molecule has 37 heavy (non-hydrogen) atoms. The van der Waals surface area contributed by atoms with Gasteiger partial charge in [-0.25, -0.2) is 9.97 Å². The van der Waals surface area contributed by atoms with E-state index >= 15 is 0 Å². The van der Waals surface area contributed by atoms with Crippen LogP contribution < -0.4 is 20.7 Å². The molecule has 5 rings (SSSR count). The van der Waals surface area contributed by atoms with Gasteiger partial charge in [0.05, 0.1) is 5.92 Å². The number of nitrogens with one attached hydrogen (secondary N) is 2. The monoisotopic (exact) mass is 500 g/mol. The van der Waals surface area contributed by atoms with E-state index in [4.69, 9.17) is 0 Å². The maximum absolute atomic E-state index is 13.6. The molecule has 2 aliphatic rings. The van der Waals surface area contributed by atoms with E-state index in [1.165, 1.54) is 0 Å². The van der Waals surface area contributed by atoms with Gasteiger partial charge in [0.1, 0.15) is 0 Å². The van der Waals surface area contributed by atoms with E-state index in [1.54, 1.807) is 12.4 Å². The van der Waals surface area contributed by atoms with Gasteiger partial charge >= 0.3 is 0 Å². The minimum absolute atomic E-state index is 0.0142. The predicted molar refractivity (Wildman–Crippen MR) is 146 cm³/mol. The molecule has 1 fully saturated rings. The molecule has 3 atom stereocenters. The van der Waals surface area contributed by atoms with E-state index < -0.39 is 0 Å². The summed E-state index contributed by atoms with van der Waals surface area (Å²) >= 11 is 0. The number of aromatic amines is 1. The molecule has 3 unspecified atom stereocenters. The van der Waals surface area contributed by atoms with Crippen molar-refractivity contribution >= 4 is 17.5 Å². The first-order chi connectivity index (χ1) is 17.8. The van der Waals surface area contributed by atoms with Gasteiger partial charge in [0, 0.05) is 61.1 Å². The first kappa shape index (κ1) is 25.0. The number of para-hydroxylation sites is 1. The van der Waals surface area contributed by atoms with Crippen LogP contribution in [0.2, 0.25) is 0 Å². The molecule has 1 amide bonds. The Kier molecular flexibility index (Phi) is 7.00. The molecule has 1 saturated heterocycles. The highest BCUT2D eigenvalue weighted by Gasteiger charge is 2.43. The maximum atomic E-state index is 13.6. The summed E-state index contributed by atoms with van der Waals surface area (Å²) in [5, 5.41) is 3.07. The number of amides is 1. The van der Waals surface area contributed by atoms with E-state index in [2.05, 4.69) is 62.1 Å². The summed E-state index contributed by atoms with van der Waals surface area (Å²) < 4.78 is 0. The first-order valence-electron chi connectivity index (χ1n) is 13.2. The second kappa shape index (κ2) is 10.4. The number of piperidine rings is 1. The Balaban J connectivity index is 1.30. The quantitative estimate of drug-likeness (QED) is 0.536. The summed E-state index contributed by atoms with van der Waals surface area (Å²) in [6.45, 7) is 10.3. The molecule has 0 radical (unpaired) electrons. The lowest BCUT2D eigenvalue weighted by Crippen LogP contribution is -2.48. The van der Waals surface area contributed by atoms with Crippen molar-refractivity contribution in [1.82, 2.24) is 20.3 Å². The second-order valence-corrected chi connectivity index (χ2v) is 10.5. The third-order valence-electron chi connectivity index (χ3n) is 8.18. The van der Waals surface area contributed by atoms with Gasteiger partial charge in [-0.1, -0.05) is 18.2 Å². The van der Waals surface area contributed by atoms with Crippen molar-refractivity contribution in [3.05, 3.63) is 81.5 Å². The molecule has 2 N–H and O–H groups in total. The highest BCUT2D eigenvalue weighted by atomic mass is 16.2. The highest BCUT2D eigenvalue weighted by molar-refractivity contribution is 5.89. The largest absolute Gasteiger partial charge is 0.364 e. The minimum atomic E-state index is -0.290. The fourth-order valence-electron chi connectivity index (χ4n) is 6.23. The fraction of sp³-hybridized carbons (Fsp3) is 0.448. The van der Waals surface area contributed by atoms with E-state index in [0.717, 1.165) is 54.4 Å². The molecular weight excluding hydrogens is 464 g/mol. The van der Waals surface area contributed by atoms with Gasteiger partial charge in [-0.15, -0.1) is 0 Å². The number of pyridine rings is 1. The molecule has 0 bridgehead atoms. The van der Waals surface area contributed by atoms with Gasteiger partial charge in [0.25, 0.3) is 5.56 Å². The third kappa shape index (κ3) is 4.84. The number of carbonyl (C=O) groups excluding carboxylic acids is 1. The van der Waals surface area contributed by atoms with Crippen LogP contribution in [0.4, 0.5) is 11.6 Å². The van der Waals surface area contributed by atoms with Crippen LogP contribution in [-0.2, 0) is 11.3 Å². The fourth-order valence-corrected chi connectivity index (χ4v) is 6.23. The van der Waals surface area contributed by atoms with Crippen molar-refractivity contribution in [3.63, 3.8) is 0 Å². The summed E-state index contributed by atoms with van der Waals surface area (Å²) in [5.41, 5.74) is 4.38. The Morgan fingerprint density at radius 2 is 1.84 bits per heavy atom. The van der Waals surface area contributed by atoms with Crippen molar-refractivity contribution < 1.29 is 4.79 Å². The molecule has 8 nitrogen and oxygen atoms in total. The number of carbonyl (C=O) groups is 1. The lowest BCUT2D eigenvalue weighted by Gasteiger charge is -2.41. The number of hydrogen-bond acceptors (Lipinski definition) is 6. The van der Waals surface area contributed by atoms with Gasteiger partial charge in [-0.3, -0.25) is 9.59 Å². The van der Waals surface area contributed by atoms with E-state index in [0.29, 0.717) is 11.5 Å². The van der Waals surface area contributed by atoms with Gasteiger partial charge in [-0.05, 0) is 75.8 Å². The maximum Gasteiger partial charge on any atom is 0.253 e. The van der Waals surface area contributed by atoms with Crippen LogP contribution >= 0.6 is 0 Å². The average Bonchev–Trinajstić information content (AvgIpc) is 3.19. The van der Waals surface area contributed by atoms with Gasteiger partial charge in [0.15, 0.2) is 0 Å². The van der Waals surface area contributed by atoms with Crippen LogP contribution in [0, 0.1) is 19.8 Å². The predicted octanol–water partition coefficient (Wildman–Crippen LogP) is 3.70. The standard InChI is InChI=1S/C29H36N6O2/c1-18-16-19(2)33-27(36)24(18)17-32-28(37)26-21(4)35(25-9-6-5-8-23(25)26)20(3)22-10-14-34(15-11-22)29-30-12-7-13-31-29/h5-9,12-13,16,20-22,26H,10-11,14-15,17H2,1-4H3,(H,32,37)(H,33,36). The zero-order valence-electron chi connectivity index (χ0n) is 22.1. The Bertz CT molecular complexity index is 1320. The van der Waals surface area contributed by atoms with Crippen molar-refractivity contribution in [2.24, 2.45) is 5.92 Å². The van der Waals surface area contributed by atoms with Crippen LogP contribution in [0.3, 0.4) is 0 Å². The summed E-state index contributed by atoms with van der Waals surface area (Å²) in [6.07, 6.45) is 5.69. The number of aromatic nitrogens is 3. The molecule has 8 heteroatoms. The Morgan fingerprint density at radius 1 is 1.14 bits per heavy atom. The average molecular weight is 501 g/mol. The molecule has 0 aliphatic carbocycles. The molecule has 1 aromatic carbocycles. The molecule has 0 saturated carbocycles. The molecular formula is C29H36N6O2. The zero-order valence-corrected chi connectivity index (χ0v) is 22.1. The molecule has 194 valence electrons. The zero-order chi connectivity index (χ0) is 26.1. The molecule has 0 spiro atoms. The van der Waals surface area contributed by atoms with E-state index in [-0.39, 0.29) is 36.0 Å². The van der Waals surface area contributed by atoms with Gasteiger partial charge in [0.2, 0.25) is 11.9 Å². The van der Waals surface area contributed by atoms with Gasteiger partial charge < -0.3 is 20.1 Å².